The smallest absolute Gasteiger partial charge is 0.305 e. The van der Waals surface area contributed by atoms with Crippen molar-refractivity contribution in [2.75, 3.05) is 42.8 Å². The molecule has 0 aliphatic carbocycles. The first-order chi connectivity index (χ1) is 36.5. The van der Waals surface area contributed by atoms with Crippen molar-refractivity contribution >= 4 is 75.2 Å². The molecular weight excluding hydrogens is 985 g/mol. The fourth-order valence-electron chi connectivity index (χ4n) is 8.33. The standard InChI is InChI=1S/C50H60N16O10/c1-6-65-37(19-29(3)60-65)47(73)58-49-56-35-21-31(45(51)71)23-39(75-17-11-10-14-62-28-34(27-54-62)55-33(25-41(67)68)26-42(69)70)43(35)63(49)15-8-9-16-64-44-36(22-32(46(52)72)24-40(44)76-18-12-13-53-5)57-50(64)59-48(74)38-20-30(4)61-66(38)7-2/h8-11,19-24,27-28,33,53,55H,6-7,12-18,25-26H2,1-5H3,(H2,51,71)(H2,52,72)(H,67,68)(H,69,70)(H,56,58,73)(H,57,59,74)/b9-8+,11-10+. The Morgan fingerprint density at radius 3 is 1.67 bits per heavy atom. The zero-order chi connectivity index (χ0) is 54.6. The van der Waals surface area contributed by atoms with Crippen LogP contribution in [0.1, 0.15) is 86.2 Å². The average molecular weight is 1050 g/mol. The van der Waals surface area contributed by atoms with Crippen LogP contribution < -0.4 is 42.2 Å². The molecule has 0 aliphatic rings. The van der Waals surface area contributed by atoms with Crippen molar-refractivity contribution in [3.63, 3.8) is 0 Å². The fourth-order valence-corrected chi connectivity index (χ4v) is 8.33. The molecule has 5 heterocycles. The second-order valence-corrected chi connectivity index (χ2v) is 17.4. The van der Waals surface area contributed by atoms with E-state index in [0.717, 1.165) is 0 Å². The van der Waals surface area contributed by atoms with E-state index in [2.05, 4.69) is 36.6 Å². The van der Waals surface area contributed by atoms with Crippen LogP contribution in [0, 0.1) is 13.8 Å². The lowest BCUT2D eigenvalue weighted by Gasteiger charge is -2.14. The highest BCUT2D eigenvalue weighted by Gasteiger charge is 2.24. The second-order valence-electron chi connectivity index (χ2n) is 17.4. The van der Waals surface area contributed by atoms with Gasteiger partial charge in [-0.3, -0.25) is 53.4 Å². The number of nitrogens with one attached hydrogen (secondary N) is 4. The number of carbonyl (C=O) groups excluding carboxylic acids is 4. The van der Waals surface area contributed by atoms with Gasteiger partial charge < -0.3 is 50.9 Å². The third-order valence-electron chi connectivity index (χ3n) is 11.7. The molecule has 4 amide bonds. The molecule has 0 radical (unpaired) electrons. The quantitative estimate of drug-likeness (QED) is 0.0254. The SMILES string of the molecule is CCn1nc(C)cc1C(=O)Nc1nc2cc(C(N)=O)cc(OC/C=C/Cn3cc(NC(CC(=O)O)CC(=O)O)cn3)c2n1C/C=C/Cn1c(NC(=O)c2cc(C)nn2CC)nc2cc(C(N)=O)cc(OCCCNC)c21. The van der Waals surface area contributed by atoms with Gasteiger partial charge in [-0.1, -0.05) is 18.2 Å². The Hall–Kier alpha value is -9.33. The number of ether oxygens (including phenoxy) is 2. The summed E-state index contributed by atoms with van der Waals surface area (Å²) in [5, 5.41) is 43.4. The zero-order valence-electron chi connectivity index (χ0n) is 42.6. The number of benzene rings is 2. The fraction of sp³-hybridized carbons (Fsp3) is 0.340. The number of hydrogen-bond acceptors (Lipinski definition) is 15. The number of anilines is 3. The van der Waals surface area contributed by atoms with E-state index in [1.807, 2.05) is 27.0 Å². The number of nitrogens with zero attached hydrogens (tertiary/aromatic N) is 10. The summed E-state index contributed by atoms with van der Waals surface area (Å²) >= 11 is 0. The van der Waals surface area contributed by atoms with Gasteiger partial charge in [-0.2, -0.15) is 15.3 Å². The highest BCUT2D eigenvalue weighted by Crippen LogP contribution is 2.33. The molecule has 400 valence electrons. The number of aromatic nitrogens is 10. The van der Waals surface area contributed by atoms with Crippen molar-refractivity contribution in [1.29, 1.82) is 0 Å². The molecule has 0 bridgehead atoms. The van der Waals surface area contributed by atoms with E-state index in [1.54, 1.807) is 79.7 Å². The van der Waals surface area contributed by atoms with E-state index in [9.17, 15) is 39.0 Å². The lowest BCUT2D eigenvalue weighted by Crippen LogP contribution is -2.26. The van der Waals surface area contributed by atoms with Gasteiger partial charge in [0.2, 0.25) is 23.7 Å². The largest absolute Gasteiger partial charge is 0.491 e. The third kappa shape index (κ3) is 13.2. The van der Waals surface area contributed by atoms with Crippen LogP contribution in [-0.4, -0.2) is 127 Å². The maximum Gasteiger partial charge on any atom is 0.305 e. The van der Waals surface area contributed by atoms with Gasteiger partial charge in [0.1, 0.15) is 40.5 Å². The molecule has 0 saturated carbocycles. The maximum absolute atomic E-state index is 14.0. The number of fused-ring (bicyclic) bond motifs is 2. The van der Waals surface area contributed by atoms with Gasteiger partial charge in [0.15, 0.2) is 0 Å². The number of imidazole rings is 2. The van der Waals surface area contributed by atoms with Gasteiger partial charge >= 0.3 is 11.9 Å². The summed E-state index contributed by atoms with van der Waals surface area (Å²) in [7, 11) is 1.82. The molecule has 26 heteroatoms. The molecule has 76 heavy (non-hydrogen) atoms. The first kappa shape index (κ1) is 54.4. The Labute approximate surface area is 434 Å². The zero-order valence-corrected chi connectivity index (χ0v) is 42.6. The normalized spacial score (nSPS) is 11.6. The van der Waals surface area contributed by atoms with E-state index in [-0.39, 0.29) is 72.8 Å². The minimum absolute atomic E-state index is 0.0156. The second kappa shape index (κ2) is 24.6. The first-order valence-electron chi connectivity index (χ1n) is 24.3. The third-order valence-corrected chi connectivity index (χ3v) is 11.7. The van der Waals surface area contributed by atoms with Gasteiger partial charge in [-0.25, -0.2) is 9.97 Å². The summed E-state index contributed by atoms with van der Waals surface area (Å²) in [6.07, 6.45) is 9.98. The molecule has 0 aliphatic heterocycles. The summed E-state index contributed by atoms with van der Waals surface area (Å²) in [6, 6.07) is 8.52. The molecule has 0 unspecified atom stereocenters. The Morgan fingerprint density at radius 1 is 0.697 bits per heavy atom. The van der Waals surface area contributed by atoms with Crippen molar-refractivity contribution in [3.05, 3.63) is 107 Å². The molecule has 7 aromatic rings. The monoisotopic (exact) mass is 1040 g/mol. The van der Waals surface area contributed by atoms with Crippen molar-refractivity contribution in [3.8, 4) is 11.5 Å². The topological polar surface area (TPSA) is 351 Å². The van der Waals surface area contributed by atoms with E-state index in [0.29, 0.717) is 71.1 Å². The minimum atomic E-state index is -1.15. The number of aryl methyl sites for hydroxylation is 4. The van der Waals surface area contributed by atoms with Crippen LogP contribution in [0.2, 0.25) is 0 Å². The number of primary amides is 2. The summed E-state index contributed by atoms with van der Waals surface area (Å²) in [5.74, 6) is -3.94. The van der Waals surface area contributed by atoms with Gasteiger partial charge in [0.05, 0.1) is 60.3 Å². The van der Waals surface area contributed by atoms with Crippen LogP contribution in [0.5, 0.6) is 11.5 Å². The van der Waals surface area contributed by atoms with Crippen molar-refractivity contribution < 1.29 is 48.5 Å². The predicted octanol–water partition coefficient (Wildman–Crippen LogP) is 3.94. The molecule has 0 spiro atoms. The summed E-state index contributed by atoms with van der Waals surface area (Å²) in [6.45, 7) is 9.51. The minimum Gasteiger partial charge on any atom is -0.491 e. The maximum atomic E-state index is 14.0. The Balaban J connectivity index is 1.22. The molecular formula is C50H60N16O10. The Kier molecular flexibility index (Phi) is 17.6. The van der Waals surface area contributed by atoms with Crippen molar-refractivity contribution in [1.82, 2.24) is 53.8 Å². The number of carbonyl (C=O) groups is 6. The number of amides is 4. The van der Waals surface area contributed by atoms with E-state index in [1.165, 1.54) is 24.4 Å². The van der Waals surface area contributed by atoms with E-state index in [4.69, 9.17) is 30.9 Å². The molecule has 5 aromatic heterocycles. The number of carboxylic acids is 2. The number of aliphatic carboxylic acids is 2. The van der Waals surface area contributed by atoms with Crippen LogP contribution in [0.3, 0.4) is 0 Å². The van der Waals surface area contributed by atoms with Crippen molar-refractivity contribution in [2.45, 2.75) is 85.7 Å². The highest BCUT2D eigenvalue weighted by molar-refractivity contribution is 6.05. The molecule has 0 fully saturated rings. The van der Waals surface area contributed by atoms with E-state index < -0.39 is 54.5 Å². The van der Waals surface area contributed by atoms with Crippen LogP contribution in [-0.2, 0) is 42.3 Å². The van der Waals surface area contributed by atoms with Gasteiger partial charge in [0, 0.05) is 49.5 Å². The first-order valence-corrected chi connectivity index (χ1v) is 24.3. The number of rotatable bonds is 28. The molecule has 0 atom stereocenters. The van der Waals surface area contributed by atoms with Gasteiger partial charge in [0.25, 0.3) is 11.8 Å². The Morgan fingerprint density at radius 2 is 1.20 bits per heavy atom. The Bertz CT molecular complexity index is 3340. The van der Waals surface area contributed by atoms with Crippen molar-refractivity contribution in [2.24, 2.45) is 11.5 Å². The highest BCUT2D eigenvalue weighted by atomic mass is 16.5. The van der Waals surface area contributed by atoms with Crippen LogP contribution >= 0.6 is 0 Å². The lowest BCUT2D eigenvalue weighted by atomic mass is 10.1. The van der Waals surface area contributed by atoms with E-state index >= 15 is 0 Å². The molecule has 2 aromatic carbocycles. The molecule has 7 rings (SSSR count). The van der Waals surface area contributed by atoms with Crippen LogP contribution in [0.25, 0.3) is 22.1 Å². The number of carboxylic acid groups (broad SMARTS) is 2. The lowest BCUT2D eigenvalue weighted by molar-refractivity contribution is -0.139. The number of nitrogens with two attached hydrogens (primary N) is 2. The number of hydrogen-bond donors (Lipinski definition) is 8. The number of allylic oxidation sites excluding steroid dienone is 3. The molecule has 0 saturated heterocycles. The summed E-state index contributed by atoms with van der Waals surface area (Å²) in [4.78, 5) is 85.2. The van der Waals surface area contributed by atoms with Crippen LogP contribution in [0.4, 0.5) is 17.6 Å². The van der Waals surface area contributed by atoms with Gasteiger partial charge in [-0.05, 0) is 90.2 Å². The average Bonchev–Trinajstić information content (AvgIpc) is 4.23. The summed E-state index contributed by atoms with van der Waals surface area (Å²) in [5.41, 5.74) is 15.6. The van der Waals surface area contributed by atoms with Gasteiger partial charge in [-0.15, -0.1) is 0 Å². The summed E-state index contributed by atoms with van der Waals surface area (Å²) < 4.78 is 20.7. The molecule has 26 nitrogen and oxygen atoms in total. The molecule has 10 N–H and O–H groups in total. The van der Waals surface area contributed by atoms with Crippen LogP contribution in [0.15, 0.2) is 73.1 Å². The predicted molar refractivity (Wildman–Crippen MR) is 280 cm³/mol.